The average Bonchev–Trinajstić information content (AvgIpc) is 1.82. The van der Waals surface area contributed by atoms with Crippen LogP contribution in [0.4, 0.5) is 0 Å². The van der Waals surface area contributed by atoms with Crippen molar-refractivity contribution >= 4 is 0 Å². The van der Waals surface area contributed by atoms with Crippen LogP contribution < -0.4 is 0 Å². The third-order valence-corrected chi connectivity index (χ3v) is 0.983. The topological polar surface area (TPSA) is 43.1 Å². The maximum Gasteiger partial charge on any atom is 0.228 e. The predicted octanol–water partition coefficient (Wildman–Crippen LogP) is 1.62. The maximum atomic E-state index is 9.96. The standard InChI is InChI=1S/C6H11NO2/c1-3-4-5-6(2)7(8)9/h4-6H,3H2,1-2H3. The van der Waals surface area contributed by atoms with E-state index in [1.807, 2.05) is 6.92 Å². The van der Waals surface area contributed by atoms with Gasteiger partial charge in [-0.3, -0.25) is 10.1 Å². The first kappa shape index (κ1) is 8.14. The van der Waals surface area contributed by atoms with Gasteiger partial charge in [-0.25, -0.2) is 0 Å². The molecule has 0 bridgehead atoms. The zero-order valence-electron chi connectivity index (χ0n) is 5.70. The lowest BCUT2D eigenvalue weighted by Gasteiger charge is -1.93. The molecule has 0 aromatic heterocycles. The van der Waals surface area contributed by atoms with Gasteiger partial charge in [0.25, 0.3) is 0 Å². The molecule has 1 unspecified atom stereocenters. The van der Waals surface area contributed by atoms with Gasteiger partial charge < -0.3 is 0 Å². The Hall–Kier alpha value is -0.860. The number of hydrogen-bond donors (Lipinski definition) is 0. The summed E-state index contributed by atoms with van der Waals surface area (Å²) in [5.74, 6) is 0. The summed E-state index contributed by atoms with van der Waals surface area (Å²) in [5, 5.41) is 9.96. The molecule has 0 saturated carbocycles. The largest absolute Gasteiger partial charge is 0.264 e. The van der Waals surface area contributed by atoms with Crippen LogP contribution in [0.25, 0.3) is 0 Å². The van der Waals surface area contributed by atoms with Gasteiger partial charge in [-0.2, -0.15) is 0 Å². The van der Waals surface area contributed by atoms with E-state index < -0.39 is 6.04 Å². The smallest absolute Gasteiger partial charge is 0.228 e. The van der Waals surface area contributed by atoms with Gasteiger partial charge in [0, 0.05) is 11.8 Å². The molecule has 0 N–H and O–H groups in total. The van der Waals surface area contributed by atoms with Crippen molar-refractivity contribution in [3.05, 3.63) is 22.3 Å². The Morgan fingerprint density at radius 1 is 1.78 bits per heavy atom. The van der Waals surface area contributed by atoms with Gasteiger partial charge in [-0.1, -0.05) is 13.0 Å². The van der Waals surface area contributed by atoms with E-state index in [0.29, 0.717) is 0 Å². The summed E-state index contributed by atoms with van der Waals surface area (Å²) < 4.78 is 0. The zero-order valence-corrected chi connectivity index (χ0v) is 5.70. The van der Waals surface area contributed by atoms with E-state index in [9.17, 15) is 10.1 Å². The second-order valence-corrected chi connectivity index (χ2v) is 1.86. The Kier molecular flexibility index (Phi) is 3.67. The molecule has 0 rings (SSSR count). The third kappa shape index (κ3) is 3.70. The molecule has 3 heteroatoms. The molecule has 0 amide bonds. The van der Waals surface area contributed by atoms with E-state index in [4.69, 9.17) is 0 Å². The second kappa shape index (κ2) is 4.06. The molecule has 0 spiro atoms. The van der Waals surface area contributed by atoms with Crippen LogP contribution >= 0.6 is 0 Å². The highest BCUT2D eigenvalue weighted by Crippen LogP contribution is 1.90. The van der Waals surface area contributed by atoms with Crippen molar-refractivity contribution in [1.29, 1.82) is 0 Å². The van der Waals surface area contributed by atoms with Gasteiger partial charge in [0.15, 0.2) is 0 Å². The monoisotopic (exact) mass is 129 g/mol. The Labute approximate surface area is 54.5 Å². The van der Waals surface area contributed by atoms with Gasteiger partial charge in [0.1, 0.15) is 0 Å². The minimum atomic E-state index is -0.537. The van der Waals surface area contributed by atoms with E-state index >= 15 is 0 Å². The van der Waals surface area contributed by atoms with Crippen molar-refractivity contribution in [1.82, 2.24) is 0 Å². The molecule has 9 heavy (non-hydrogen) atoms. The highest BCUT2D eigenvalue weighted by Gasteiger charge is 2.04. The van der Waals surface area contributed by atoms with Crippen molar-refractivity contribution in [3.8, 4) is 0 Å². The summed E-state index contributed by atoms with van der Waals surface area (Å²) in [6, 6.07) is -0.537. The summed E-state index contributed by atoms with van der Waals surface area (Å²) >= 11 is 0. The molecular formula is C6H11NO2. The summed E-state index contributed by atoms with van der Waals surface area (Å²) in [5.41, 5.74) is 0. The first-order chi connectivity index (χ1) is 4.18. The fourth-order valence-corrected chi connectivity index (χ4v) is 0.403. The number of nitrogens with zero attached hydrogens (tertiary/aromatic N) is 1. The third-order valence-electron chi connectivity index (χ3n) is 0.983. The maximum absolute atomic E-state index is 9.96. The molecule has 0 radical (unpaired) electrons. The first-order valence-electron chi connectivity index (χ1n) is 2.98. The van der Waals surface area contributed by atoms with Crippen LogP contribution in [0, 0.1) is 10.1 Å². The van der Waals surface area contributed by atoms with E-state index in [1.54, 1.807) is 19.1 Å². The molecule has 0 fully saturated rings. The van der Waals surface area contributed by atoms with Crippen molar-refractivity contribution in [2.24, 2.45) is 0 Å². The molecule has 0 saturated heterocycles. The molecule has 52 valence electrons. The van der Waals surface area contributed by atoms with Crippen LogP contribution in [0.5, 0.6) is 0 Å². The minimum absolute atomic E-state index is 0.313. The zero-order chi connectivity index (χ0) is 7.28. The van der Waals surface area contributed by atoms with Gasteiger partial charge >= 0.3 is 0 Å². The van der Waals surface area contributed by atoms with Crippen molar-refractivity contribution in [2.75, 3.05) is 0 Å². The molecule has 1 atom stereocenters. The quantitative estimate of drug-likeness (QED) is 0.330. The van der Waals surface area contributed by atoms with E-state index in [0.717, 1.165) is 6.42 Å². The highest BCUT2D eigenvalue weighted by molar-refractivity contribution is 4.85. The molecule has 0 aliphatic carbocycles. The lowest BCUT2D eigenvalue weighted by Crippen LogP contribution is -2.10. The molecule has 0 heterocycles. The Bertz CT molecular complexity index is 120. The van der Waals surface area contributed by atoms with Gasteiger partial charge in [0.05, 0.1) is 0 Å². The summed E-state index contributed by atoms with van der Waals surface area (Å²) in [7, 11) is 0. The molecule has 0 aromatic rings. The first-order valence-corrected chi connectivity index (χ1v) is 2.98. The fraction of sp³-hybridized carbons (Fsp3) is 0.667. The average molecular weight is 129 g/mol. The van der Waals surface area contributed by atoms with Crippen molar-refractivity contribution in [2.45, 2.75) is 26.3 Å². The van der Waals surface area contributed by atoms with Gasteiger partial charge in [-0.15, -0.1) is 0 Å². The lowest BCUT2D eigenvalue weighted by molar-refractivity contribution is -0.504. The van der Waals surface area contributed by atoms with Gasteiger partial charge in [0.2, 0.25) is 6.04 Å². The van der Waals surface area contributed by atoms with Crippen LogP contribution in [0.2, 0.25) is 0 Å². The number of rotatable bonds is 3. The van der Waals surface area contributed by atoms with E-state index in [1.165, 1.54) is 0 Å². The summed E-state index contributed by atoms with van der Waals surface area (Å²) in [6.07, 6.45) is 4.26. The van der Waals surface area contributed by atoms with Crippen LogP contribution in [-0.2, 0) is 0 Å². The summed E-state index contributed by atoms with van der Waals surface area (Å²) in [4.78, 5) is 9.65. The van der Waals surface area contributed by atoms with Crippen LogP contribution in [0.3, 0.4) is 0 Å². The van der Waals surface area contributed by atoms with Crippen LogP contribution in [0.15, 0.2) is 12.2 Å². The SMILES string of the molecule is CCC=CC(C)[N+](=O)[O-]. The van der Waals surface area contributed by atoms with E-state index in [2.05, 4.69) is 0 Å². The molecule has 0 aliphatic heterocycles. The lowest BCUT2D eigenvalue weighted by atomic mass is 10.3. The highest BCUT2D eigenvalue weighted by atomic mass is 16.6. The van der Waals surface area contributed by atoms with E-state index in [-0.39, 0.29) is 4.92 Å². The van der Waals surface area contributed by atoms with Crippen molar-refractivity contribution in [3.63, 3.8) is 0 Å². The number of hydrogen-bond acceptors (Lipinski definition) is 2. The summed E-state index contributed by atoms with van der Waals surface area (Å²) in [6.45, 7) is 3.51. The Morgan fingerprint density at radius 3 is 2.67 bits per heavy atom. The number of allylic oxidation sites excluding steroid dienone is 1. The minimum Gasteiger partial charge on any atom is -0.264 e. The normalized spacial score (nSPS) is 14.0. The van der Waals surface area contributed by atoms with Crippen LogP contribution in [0.1, 0.15) is 20.3 Å². The molecular weight excluding hydrogens is 118 g/mol. The fourth-order valence-electron chi connectivity index (χ4n) is 0.403. The molecule has 0 aliphatic rings. The van der Waals surface area contributed by atoms with Gasteiger partial charge in [-0.05, 0) is 12.5 Å². The molecule has 3 nitrogen and oxygen atoms in total. The Balaban J connectivity index is 3.62. The Morgan fingerprint density at radius 2 is 2.33 bits per heavy atom. The second-order valence-electron chi connectivity index (χ2n) is 1.86. The number of nitro groups is 1. The molecule has 0 aromatic carbocycles. The predicted molar refractivity (Wildman–Crippen MR) is 35.9 cm³/mol. The van der Waals surface area contributed by atoms with Crippen molar-refractivity contribution < 1.29 is 4.92 Å². The van der Waals surface area contributed by atoms with Crippen LogP contribution in [-0.4, -0.2) is 11.0 Å².